The van der Waals surface area contributed by atoms with Gasteiger partial charge in [-0.2, -0.15) is 18.3 Å². The molecular formula is C24H25F5N6O4. The van der Waals surface area contributed by atoms with Gasteiger partial charge in [0.2, 0.25) is 5.91 Å². The smallest absolute Gasteiger partial charge is 0.430 e. The lowest BCUT2D eigenvalue weighted by atomic mass is 9.89. The molecule has 0 radical (unpaired) electrons. The van der Waals surface area contributed by atoms with Crippen LogP contribution in [0.4, 0.5) is 22.0 Å². The molecule has 1 aromatic carbocycles. The first-order chi connectivity index (χ1) is 18.1. The van der Waals surface area contributed by atoms with E-state index in [4.69, 9.17) is 9.90 Å². The number of alkyl halides is 5. The molecule has 210 valence electrons. The summed E-state index contributed by atoms with van der Waals surface area (Å²) in [6, 6.07) is 9.76. The van der Waals surface area contributed by atoms with Crippen LogP contribution in [0.5, 0.6) is 0 Å². The van der Waals surface area contributed by atoms with Gasteiger partial charge in [-0.25, -0.2) is 18.3 Å². The number of hydrogen-bond donors (Lipinski definition) is 1. The van der Waals surface area contributed by atoms with Gasteiger partial charge in [-0.1, -0.05) is 24.3 Å². The Balaban J connectivity index is 0.000000532. The van der Waals surface area contributed by atoms with Gasteiger partial charge in [-0.05, 0) is 11.6 Å². The number of benzene rings is 1. The van der Waals surface area contributed by atoms with Crippen molar-refractivity contribution in [3.05, 3.63) is 54.4 Å². The van der Waals surface area contributed by atoms with Crippen LogP contribution in [0, 0.1) is 0 Å². The number of aliphatic carboxylic acids is 1. The Labute approximate surface area is 218 Å². The predicted octanol–water partition coefficient (Wildman–Crippen LogP) is 0.345. The first kappa shape index (κ1) is 29.4. The second kappa shape index (κ2) is 11.3. The first-order valence-electron chi connectivity index (χ1n) is 11.5. The SMILES string of the molecule is CN(C)C(=O)[C@@H](c1ccc(-c2ccn3nccc3n2)cc1)[C@H]([NH3+])C(=O)N1CCC(F)(F)C1.O=C([O-])C(F)(F)F. The molecule has 3 N–H and O–H groups in total. The van der Waals surface area contributed by atoms with Crippen molar-refractivity contribution in [2.45, 2.75) is 30.5 Å². The lowest BCUT2D eigenvalue weighted by molar-refractivity contribution is -0.409. The zero-order chi connectivity index (χ0) is 29.1. The maximum absolute atomic E-state index is 13.6. The van der Waals surface area contributed by atoms with Gasteiger partial charge in [0.1, 0.15) is 11.9 Å². The second-order valence-electron chi connectivity index (χ2n) is 9.04. The zero-order valence-corrected chi connectivity index (χ0v) is 20.9. The summed E-state index contributed by atoms with van der Waals surface area (Å²) in [4.78, 5) is 41.7. The molecule has 1 saturated heterocycles. The number of nitrogens with zero attached hydrogens (tertiary/aromatic N) is 5. The van der Waals surface area contributed by atoms with E-state index in [1.54, 1.807) is 49.2 Å². The van der Waals surface area contributed by atoms with Gasteiger partial charge in [0.15, 0.2) is 11.7 Å². The topological polar surface area (TPSA) is 139 Å². The Morgan fingerprint density at radius 2 is 1.72 bits per heavy atom. The summed E-state index contributed by atoms with van der Waals surface area (Å²) in [5.41, 5.74) is 6.79. The van der Waals surface area contributed by atoms with Crippen molar-refractivity contribution in [1.29, 1.82) is 0 Å². The van der Waals surface area contributed by atoms with E-state index in [2.05, 4.69) is 15.8 Å². The molecule has 39 heavy (non-hydrogen) atoms. The highest BCUT2D eigenvalue weighted by Crippen LogP contribution is 2.30. The van der Waals surface area contributed by atoms with E-state index in [0.717, 1.165) is 16.2 Å². The number of carbonyl (C=O) groups excluding carboxylic acids is 3. The number of quaternary nitrogens is 1. The van der Waals surface area contributed by atoms with E-state index in [1.165, 1.54) is 4.90 Å². The van der Waals surface area contributed by atoms with E-state index in [0.29, 0.717) is 11.2 Å². The first-order valence-corrected chi connectivity index (χ1v) is 11.5. The highest BCUT2D eigenvalue weighted by atomic mass is 19.4. The van der Waals surface area contributed by atoms with Crippen molar-refractivity contribution < 1.29 is 47.2 Å². The number of halogens is 5. The maximum atomic E-state index is 13.6. The molecule has 1 fully saturated rings. The minimum absolute atomic E-state index is 0.0393. The molecule has 1 aliphatic heterocycles. The number of carboxylic acids is 1. The van der Waals surface area contributed by atoms with Crippen molar-refractivity contribution in [3.63, 3.8) is 0 Å². The molecule has 0 unspecified atom stereocenters. The fraction of sp³-hybridized carbons (Fsp3) is 0.375. The summed E-state index contributed by atoms with van der Waals surface area (Å²) in [7, 11) is 3.19. The monoisotopic (exact) mass is 556 g/mol. The zero-order valence-electron chi connectivity index (χ0n) is 20.9. The van der Waals surface area contributed by atoms with Gasteiger partial charge in [0, 0.05) is 44.9 Å². The molecule has 2 aromatic heterocycles. The molecule has 0 saturated carbocycles. The van der Waals surface area contributed by atoms with E-state index in [-0.39, 0.29) is 18.9 Å². The van der Waals surface area contributed by atoms with Crippen molar-refractivity contribution in [2.75, 3.05) is 27.2 Å². The number of aromatic nitrogens is 3. The van der Waals surface area contributed by atoms with Crippen LogP contribution >= 0.6 is 0 Å². The van der Waals surface area contributed by atoms with Crippen LogP contribution in [0.25, 0.3) is 16.9 Å². The van der Waals surface area contributed by atoms with Crippen LogP contribution in [-0.2, 0) is 14.4 Å². The number of likely N-dealkylation sites (N-methyl/N-ethyl adjacent to an activating group) is 1. The molecule has 0 bridgehead atoms. The molecule has 3 heterocycles. The highest BCUT2D eigenvalue weighted by molar-refractivity contribution is 5.92. The third kappa shape index (κ3) is 7.04. The standard InChI is InChI=1S/C22H24F2N6O2.C2HF3O2/c1-28(2)20(31)18(19(25)21(32)29-12-9-22(23,24)13-29)15-5-3-14(4-6-15)16-8-11-30-17(27-16)7-10-26-30;3-2(4,5)1(6)7/h3-8,10-11,18-19H,9,12-13,25H2,1-2H3;(H,6,7)/t18-,19-;/m0./s1. The number of fused-ring (bicyclic) bond motifs is 1. The number of amides is 2. The summed E-state index contributed by atoms with van der Waals surface area (Å²) >= 11 is 0. The van der Waals surface area contributed by atoms with Crippen molar-refractivity contribution in [2.24, 2.45) is 0 Å². The van der Waals surface area contributed by atoms with Crippen LogP contribution in [0.15, 0.2) is 48.8 Å². The number of hydrogen-bond acceptors (Lipinski definition) is 6. The van der Waals surface area contributed by atoms with Gasteiger partial charge >= 0.3 is 6.18 Å². The Morgan fingerprint density at radius 3 is 2.23 bits per heavy atom. The van der Waals surface area contributed by atoms with Crippen LogP contribution < -0.4 is 10.8 Å². The predicted molar refractivity (Wildman–Crippen MR) is 124 cm³/mol. The van der Waals surface area contributed by atoms with Crippen molar-refractivity contribution in [1.82, 2.24) is 24.4 Å². The average molecular weight is 556 g/mol. The molecule has 0 spiro atoms. The fourth-order valence-electron chi connectivity index (χ4n) is 3.96. The largest absolute Gasteiger partial charge is 0.542 e. The molecule has 1 aliphatic rings. The van der Waals surface area contributed by atoms with Gasteiger partial charge in [-0.15, -0.1) is 0 Å². The van der Waals surface area contributed by atoms with Gasteiger partial charge < -0.3 is 25.4 Å². The van der Waals surface area contributed by atoms with Crippen LogP contribution in [0.3, 0.4) is 0 Å². The Kier molecular flexibility index (Phi) is 8.53. The van der Waals surface area contributed by atoms with E-state index < -0.39 is 42.5 Å². The number of rotatable bonds is 5. The molecule has 10 nitrogen and oxygen atoms in total. The summed E-state index contributed by atoms with van der Waals surface area (Å²) in [6.07, 6.45) is -2.10. The summed E-state index contributed by atoms with van der Waals surface area (Å²) < 4.78 is 60.4. The van der Waals surface area contributed by atoms with Crippen molar-refractivity contribution >= 4 is 23.4 Å². The number of likely N-dealkylation sites (tertiary alicyclic amines) is 1. The minimum Gasteiger partial charge on any atom is -0.542 e. The lowest BCUT2D eigenvalue weighted by Gasteiger charge is -2.26. The van der Waals surface area contributed by atoms with E-state index in [1.807, 2.05) is 18.2 Å². The molecule has 2 atom stereocenters. The van der Waals surface area contributed by atoms with Gasteiger partial charge in [0.25, 0.3) is 11.8 Å². The van der Waals surface area contributed by atoms with Gasteiger partial charge in [0.05, 0.1) is 18.4 Å². The number of carbonyl (C=O) groups is 3. The minimum atomic E-state index is -5.19. The van der Waals surface area contributed by atoms with Crippen LogP contribution in [0.2, 0.25) is 0 Å². The van der Waals surface area contributed by atoms with Gasteiger partial charge in [-0.3, -0.25) is 9.59 Å². The van der Waals surface area contributed by atoms with E-state index >= 15 is 0 Å². The third-order valence-electron chi connectivity index (χ3n) is 5.96. The number of carboxylic acid groups (broad SMARTS) is 1. The molecule has 2 amide bonds. The van der Waals surface area contributed by atoms with Crippen LogP contribution in [0.1, 0.15) is 17.9 Å². The Morgan fingerprint density at radius 1 is 1.10 bits per heavy atom. The third-order valence-corrected chi connectivity index (χ3v) is 5.96. The highest BCUT2D eigenvalue weighted by Gasteiger charge is 2.45. The lowest BCUT2D eigenvalue weighted by Crippen LogP contribution is -2.71. The Bertz CT molecular complexity index is 1340. The molecule has 0 aliphatic carbocycles. The molecule has 3 aromatic rings. The quantitative estimate of drug-likeness (QED) is 0.450. The summed E-state index contributed by atoms with van der Waals surface area (Å²) in [6.45, 7) is -0.676. The average Bonchev–Trinajstić information content (AvgIpc) is 3.49. The summed E-state index contributed by atoms with van der Waals surface area (Å²) in [5.74, 6) is -7.64. The molecule has 4 rings (SSSR count). The normalized spacial score (nSPS) is 16.3. The van der Waals surface area contributed by atoms with Crippen molar-refractivity contribution in [3.8, 4) is 11.3 Å². The second-order valence-corrected chi connectivity index (χ2v) is 9.04. The molecule has 15 heteroatoms. The Hall–Kier alpha value is -4.14. The summed E-state index contributed by atoms with van der Waals surface area (Å²) in [5, 5.41) is 12.9. The fourth-order valence-corrected chi connectivity index (χ4v) is 3.96. The maximum Gasteiger partial charge on any atom is 0.430 e. The molecular weight excluding hydrogens is 531 g/mol. The van der Waals surface area contributed by atoms with E-state index in [9.17, 15) is 31.5 Å². The van der Waals surface area contributed by atoms with Crippen LogP contribution in [-0.4, -0.2) is 87.5 Å².